The number of halogens is 2. The Kier molecular flexibility index (Phi) is 10.1. The summed E-state index contributed by atoms with van der Waals surface area (Å²) < 4.78 is 1.14. The second-order valence-corrected chi connectivity index (χ2v) is 10.9. The lowest BCUT2D eigenvalue weighted by atomic mass is 9.93. The highest BCUT2D eigenvalue weighted by Gasteiger charge is 2.20. The lowest BCUT2D eigenvalue weighted by Crippen LogP contribution is -2.37. The van der Waals surface area contributed by atoms with Crippen molar-refractivity contribution in [3.8, 4) is 0 Å². The average Bonchev–Trinajstić information content (AvgIpc) is 2.91. The predicted octanol–water partition coefficient (Wildman–Crippen LogP) is 4.28. The van der Waals surface area contributed by atoms with Gasteiger partial charge in [0.1, 0.15) is 0 Å². The smallest absolute Gasteiger partial charge is 0.302 e. The topological polar surface area (TPSA) is 135 Å². The van der Waals surface area contributed by atoms with Crippen molar-refractivity contribution in [1.82, 2.24) is 20.2 Å². The molecule has 1 amide bonds. The molecule has 9 nitrogen and oxygen atoms in total. The summed E-state index contributed by atoms with van der Waals surface area (Å²) in [5.74, 6) is 0.167. The number of nitrogens with zero attached hydrogens (tertiary/aromatic N) is 4. The number of aliphatic imine (C=N–C) groups is 1. The first kappa shape index (κ1) is 28.1. The molecular formula is C27H32ClIN8O. The Balaban J connectivity index is 1.22. The van der Waals surface area contributed by atoms with Crippen molar-refractivity contribution in [3.05, 3.63) is 80.1 Å². The highest BCUT2D eigenvalue weighted by atomic mass is 127. The first-order valence-electron chi connectivity index (χ1n) is 12.6. The number of nitrogens with one attached hydrogen (secondary N) is 2. The number of piperidine rings is 1. The second-order valence-electron chi connectivity index (χ2n) is 9.30. The van der Waals surface area contributed by atoms with Crippen molar-refractivity contribution in [3.63, 3.8) is 0 Å². The Bertz CT molecular complexity index is 1250. The van der Waals surface area contributed by atoms with Gasteiger partial charge in [0.25, 0.3) is 0 Å². The molecule has 0 unspecified atom stereocenters. The van der Waals surface area contributed by atoms with Gasteiger partial charge in [0.2, 0.25) is 0 Å². The van der Waals surface area contributed by atoms with E-state index in [4.69, 9.17) is 23.1 Å². The van der Waals surface area contributed by atoms with Crippen molar-refractivity contribution in [1.29, 1.82) is 0 Å². The van der Waals surface area contributed by atoms with Gasteiger partial charge in [0, 0.05) is 23.2 Å². The first-order valence-corrected chi connectivity index (χ1v) is 14.0. The maximum atomic E-state index is 12.6. The molecule has 1 aliphatic rings. The van der Waals surface area contributed by atoms with Crippen LogP contribution in [0.2, 0.25) is 5.15 Å². The van der Waals surface area contributed by atoms with E-state index in [1.54, 1.807) is 0 Å². The van der Waals surface area contributed by atoms with Crippen LogP contribution in [-0.2, 0) is 13.1 Å². The number of aromatic nitrogens is 2. The van der Waals surface area contributed by atoms with Crippen LogP contribution in [0.4, 0.5) is 11.6 Å². The number of hydrogen-bond acceptors (Lipinski definition) is 6. The zero-order valence-corrected chi connectivity index (χ0v) is 24.0. The van der Waals surface area contributed by atoms with Gasteiger partial charge in [-0.15, -0.1) is 0 Å². The number of likely N-dealkylation sites (tertiary alicyclic amines) is 1. The molecule has 2 aromatic carbocycles. The summed E-state index contributed by atoms with van der Waals surface area (Å²) in [7, 11) is 0. The highest BCUT2D eigenvalue weighted by molar-refractivity contribution is 14.1. The maximum absolute atomic E-state index is 12.6. The number of nitrogen functional groups attached to an aromatic ring is 1. The van der Waals surface area contributed by atoms with E-state index in [2.05, 4.69) is 77.4 Å². The number of carbonyl (C=O) groups excluding carboxylic acids is 1. The van der Waals surface area contributed by atoms with Crippen LogP contribution < -0.4 is 22.1 Å². The minimum atomic E-state index is -0.694. The minimum Gasteiger partial charge on any atom is -0.382 e. The fraction of sp³-hybridized carbons (Fsp3) is 0.333. The molecule has 200 valence electrons. The van der Waals surface area contributed by atoms with E-state index < -0.39 is 5.91 Å². The lowest BCUT2D eigenvalue weighted by molar-refractivity contribution is 0.0998. The SMILES string of the molecule is N/C(=N\C(=O)c1nc(Cl)c(NCc2ccc(I)cc2)nc1N)NCCC1CCN(Cc2ccccc2)CC1. The molecule has 0 radical (unpaired) electrons. The zero-order valence-electron chi connectivity index (χ0n) is 21.0. The van der Waals surface area contributed by atoms with Crippen LogP contribution in [0.15, 0.2) is 59.6 Å². The van der Waals surface area contributed by atoms with Crippen LogP contribution >= 0.6 is 34.2 Å². The third kappa shape index (κ3) is 8.27. The molecule has 38 heavy (non-hydrogen) atoms. The van der Waals surface area contributed by atoms with Crippen molar-refractivity contribution in [2.75, 3.05) is 30.7 Å². The zero-order chi connectivity index (χ0) is 26.9. The maximum Gasteiger partial charge on any atom is 0.302 e. The fourth-order valence-corrected chi connectivity index (χ4v) is 4.92. The summed E-state index contributed by atoms with van der Waals surface area (Å²) in [5.41, 5.74) is 14.2. The van der Waals surface area contributed by atoms with Gasteiger partial charge in [-0.1, -0.05) is 54.1 Å². The molecule has 6 N–H and O–H groups in total. The monoisotopic (exact) mass is 646 g/mol. The van der Waals surface area contributed by atoms with Crippen LogP contribution in [-0.4, -0.2) is 46.4 Å². The predicted molar refractivity (Wildman–Crippen MR) is 161 cm³/mol. The molecule has 3 aromatic rings. The van der Waals surface area contributed by atoms with Crippen molar-refractivity contribution < 1.29 is 4.79 Å². The average molecular weight is 647 g/mol. The number of nitrogens with two attached hydrogens (primary N) is 2. The third-order valence-electron chi connectivity index (χ3n) is 6.49. The number of benzene rings is 2. The molecule has 0 bridgehead atoms. The molecule has 0 saturated carbocycles. The number of rotatable bonds is 9. The summed E-state index contributed by atoms with van der Waals surface area (Å²) in [6, 6.07) is 18.6. The Hall–Kier alpha value is -2.96. The Labute approximate surface area is 241 Å². The number of guanidine groups is 1. The van der Waals surface area contributed by atoms with Crippen LogP contribution in [0, 0.1) is 9.49 Å². The second kappa shape index (κ2) is 13.7. The molecule has 4 rings (SSSR count). The molecule has 11 heteroatoms. The van der Waals surface area contributed by atoms with Crippen LogP contribution in [0.25, 0.3) is 0 Å². The van der Waals surface area contributed by atoms with Gasteiger partial charge in [0.15, 0.2) is 28.4 Å². The molecule has 0 atom stereocenters. The minimum absolute atomic E-state index is 0.0229. The molecule has 1 aliphatic heterocycles. The standard InChI is InChI=1S/C27H32ClIN8O/c28-23-25(33-16-19-6-8-21(29)9-7-19)35-24(30)22(34-23)26(38)36-27(31)32-13-10-18-11-14-37(15-12-18)17-20-4-2-1-3-5-20/h1-9,18H,10-17H2,(H3,30,33,35)(H3,31,32,36,38). The molecule has 1 fully saturated rings. The van der Waals surface area contributed by atoms with Crippen LogP contribution in [0.1, 0.15) is 40.9 Å². The summed E-state index contributed by atoms with van der Waals surface area (Å²) in [6.45, 7) is 4.27. The summed E-state index contributed by atoms with van der Waals surface area (Å²) in [5, 5.41) is 6.16. The van der Waals surface area contributed by atoms with Gasteiger partial charge < -0.3 is 22.1 Å². The van der Waals surface area contributed by atoms with Gasteiger partial charge >= 0.3 is 5.91 Å². The molecule has 2 heterocycles. The van der Waals surface area contributed by atoms with Crippen LogP contribution in [0.5, 0.6) is 0 Å². The van der Waals surface area contributed by atoms with Gasteiger partial charge in [-0.05, 0) is 84.1 Å². The summed E-state index contributed by atoms with van der Waals surface area (Å²) in [4.78, 5) is 27.3. The largest absolute Gasteiger partial charge is 0.382 e. The van der Waals surface area contributed by atoms with Crippen molar-refractivity contribution in [2.45, 2.75) is 32.4 Å². The molecular weight excluding hydrogens is 615 g/mol. The molecule has 0 aliphatic carbocycles. The third-order valence-corrected chi connectivity index (χ3v) is 7.48. The number of carbonyl (C=O) groups is 1. The Morgan fingerprint density at radius 1 is 1.08 bits per heavy atom. The quantitative estimate of drug-likeness (QED) is 0.154. The van der Waals surface area contributed by atoms with E-state index in [1.165, 1.54) is 5.56 Å². The number of hydrogen-bond donors (Lipinski definition) is 4. The van der Waals surface area contributed by atoms with E-state index in [0.29, 0.717) is 24.8 Å². The van der Waals surface area contributed by atoms with E-state index in [1.807, 2.05) is 30.3 Å². The Morgan fingerprint density at radius 3 is 2.50 bits per heavy atom. The first-order chi connectivity index (χ1) is 18.4. The fourth-order valence-electron chi connectivity index (χ4n) is 4.37. The normalized spacial score (nSPS) is 14.8. The highest BCUT2D eigenvalue weighted by Crippen LogP contribution is 2.23. The van der Waals surface area contributed by atoms with E-state index in [0.717, 1.165) is 48.0 Å². The van der Waals surface area contributed by atoms with E-state index in [-0.39, 0.29) is 22.6 Å². The van der Waals surface area contributed by atoms with Gasteiger partial charge in [0.05, 0.1) is 0 Å². The lowest BCUT2D eigenvalue weighted by Gasteiger charge is -2.32. The molecule has 1 saturated heterocycles. The van der Waals surface area contributed by atoms with Crippen LogP contribution in [0.3, 0.4) is 0 Å². The van der Waals surface area contributed by atoms with Gasteiger partial charge in [-0.25, -0.2) is 9.97 Å². The van der Waals surface area contributed by atoms with E-state index in [9.17, 15) is 4.79 Å². The number of amides is 1. The Morgan fingerprint density at radius 2 is 1.79 bits per heavy atom. The molecule has 1 aromatic heterocycles. The summed E-state index contributed by atoms with van der Waals surface area (Å²) >= 11 is 8.50. The van der Waals surface area contributed by atoms with Gasteiger partial charge in [-0.2, -0.15) is 4.99 Å². The van der Waals surface area contributed by atoms with Crippen molar-refractivity contribution >= 4 is 57.7 Å². The molecule has 0 spiro atoms. The van der Waals surface area contributed by atoms with Crippen molar-refractivity contribution in [2.24, 2.45) is 16.6 Å². The number of anilines is 2. The van der Waals surface area contributed by atoms with E-state index >= 15 is 0 Å². The van der Waals surface area contributed by atoms with Gasteiger partial charge in [-0.3, -0.25) is 9.69 Å². The summed E-state index contributed by atoms with van der Waals surface area (Å²) in [6.07, 6.45) is 3.23.